The van der Waals surface area contributed by atoms with Gasteiger partial charge in [-0.25, -0.2) is 4.99 Å². The van der Waals surface area contributed by atoms with Crippen LogP contribution in [0.15, 0.2) is 42.2 Å². The highest BCUT2D eigenvalue weighted by Gasteiger charge is 1.80. The third kappa shape index (κ3) is 3.66. The molecular weight excluding hydrogens is 124 g/mol. The second-order valence-electron chi connectivity index (χ2n) is 1.55. The molecule has 0 saturated heterocycles. The molecule has 10 heavy (non-hydrogen) atoms. The summed E-state index contributed by atoms with van der Waals surface area (Å²) in [6.07, 6.45) is 6.69. The maximum Gasteiger partial charge on any atom is 0.125 e. The molecule has 0 aliphatic heterocycles. The molecule has 0 amide bonds. The number of nitrogens with zero attached hydrogens (tertiary/aromatic N) is 1. The first-order chi connectivity index (χ1) is 4.85. The first-order valence-corrected chi connectivity index (χ1v) is 3.00. The number of rotatable bonds is 4. The van der Waals surface area contributed by atoms with Gasteiger partial charge in [0.2, 0.25) is 0 Å². The van der Waals surface area contributed by atoms with Crippen molar-refractivity contribution in [1.29, 1.82) is 0 Å². The van der Waals surface area contributed by atoms with Crippen molar-refractivity contribution in [3.8, 4) is 0 Å². The lowest BCUT2D eigenvalue weighted by atomic mass is 10.5. The quantitative estimate of drug-likeness (QED) is 0.459. The van der Waals surface area contributed by atoms with E-state index in [-0.39, 0.29) is 0 Å². The van der Waals surface area contributed by atoms with Crippen LogP contribution in [0.4, 0.5) is 0 Å². The summed E-state index contributed by atoms with van der Waals surface area (Å²) in [5.74, 6) is 0.773. The zero-order chi connectivity index (χ0) is 7.82. The monoisotopic (exact) mass is 136 g/mol. The number of nitrogens with one attached hydrogen (secondary N) is 1. The largest absolute Gasteiger partial charge is 0.373 e. The molecule has 0 aromatic carbocycles. The van der Waals surface area contributed by atoms with Gasteiger partial charge in [0.15, 0.2) is 0 Å². The minimum Gasteiger partial charge on any atom is -0.373 e. The van der Waals surface area contributed by atoms with Crippen molar-refractivity contribution in [2.24, 2.45) is 4.99 Å². The molecule has 0 saturated carbocycles. The van der Waals surface area contributed by atoms with Crippen LogP contribution in [0.2, 0.25) is 0 Å². The van der Waals surface area contributed by atoms with Gasteiger partial charge in [0.05, 0.1) is 0 Å². The first kappa shape index (κ1) is 8.69. The Morgan fingerprint density at radius 1 is 1.40 bits per heavy atom. The highest BCUT2D eigenvalue weighted by Crippen LogP contribution is 1.88. The normalized spacial score (nSPS) is 11.5. The second kappa shape index (κ2) is 5.82. The first-order valence-electron chi connectivity index (χ1n) is 3.00. The van der Waals surface area contributed by atoms with Crippen molar-refractivity contribution >= 4 is 6.21 Å². The summed E-state index contributed by atoms with van der Waals surface area (Å²) >= 11 is 0. The van der Waals surface area contributed by atoms with E-state index in [1.165, 1.54) is 0 Å². The molecule has 1 N–H and O–H groups in total. The van der Waals surface area contributed by atoms with E-state index in [9.17, 15) is 0 Å². The molecule has 0 atom stereocenters. The Labute approximate surface area is 61.7 Å². The van der Waals surface area contributed by atoms with Crippen molar-refractivity contribution in [3.63, 3.8) is 0 Å². The highest BCUT2D eigenvalue weighted by atomic mass is 15.0. The zero-order valence-corrected chi connectivity index (χ0v) is 6.17. The SMILES string of the molecule is C=C/C=N\C(=C/C=C)NC. The molecule has 0 rings (SSSR count). The van der Waals surface area contributed by atoms with Crippen LogP contribution in [0, 0.1) is 0 Å². The molecule has 2 nitrogen and oxygen atoms in total. The minimum absolute atomic E-state index is 0.773. The van der Waals surface area contributed by atoms with E-state index in [1.807, 2.05) is 0 Å². The summed E-state index contributed by atoms with van der Waals surface area (Å²) in [6, 6.07) is 0. The average Bonchev–Trinajstić information content (AvgIpc) is 1.98. The summed E-state index contributed by atoms with van der Waals surface area (Å²) in [6.45, 7) is 7.04. The summed E-state index contributed by atoms with van der Waals surface area (Å²) in [5, 5.41) is 2.88. The van der Waals surface area contributed by atoms with Gasteiger partial charge in [0.25, 0.3) is 0 Å². The Balaban J connectivity index is 4.06. The summed E-state index contributed by atoms with van der Waals surface area (Å²) in [7, 11) is 1.80. The lowest BCUT2D eigenvalue weighted by molar-refractivity contribution is 0.969. The predicted molar refractivity (Wildman–Crippen MR) is 46.0 cm³/mol. The van der Waals surface area contributed by atoms with Gasteiger partial charge >= 0.3 is 0 Å². The van der Waals surface area contributed by atoms with E-state index in [4.69, 9.17) is 0 Å². The summed E-state index contributed by atoms with van der Waals surface area (Å²) in [5.41, 5.74) is 0. The third-order valence-electron chi connectivity index (χ3n) is 0.851. The smallest absolute Gasteiger partial charge is 0.125 e. The van der Waals surface area contributed by atoms with Crippen molar-refractivity contribution < 1.29 is 0 Å². The molecule has 0 radical (unpaired) electrons. The van der Waals surface area contributed by atoms with Crippen molar-refractivity contribution in [3.05, 3.63) is 37.2 Å². The van der Waals surface area contributed by atoms with Gasteiger partial charge in [-0.2, -0.15) is 0 Å². The third-order valence-corrected chi connectivity index (χ3v) is 0.851. The molecule has 54 valence electrons. The molecular formula is C8H12N2. The Morgan fingerprint density at radius 3 is 2.50 bits per heavy atom. The van der Waals surface area contributed by atoms with E-state index < -0.39 is 0 Å². The molecule has 0 aliphatic rings. The predicted octanol–water partition coefficient (Wildman–Crippen LogP) is 1.49. The Bertz CT molecular complexity index is 166. The molecule has 0 aromatic heterocycles. The average molecular weight is 136 g/mol. The fraction of sp³-hybridized carbons (Fsp3) is 0.125. The molecule has 0 heterocycles. The summed E-state index contributed by atoms with van der Waals surface area (Å²) in [4.78, 5) is 3.99. The fourth-order valence-corrected chi connectivity index (χ4v) is 0.436. The van der Waals surface area contributed by atoms with Crippen molar-refractivity contribution in [2.75, 3.05) is 7.05 Å². The summed E-state index contributed by atoms with van der Waals surface area (Å²) < 4.78 is 0. The Morgan fingerprint density at radius 2 is 2.10 bits per heavy atom. The van der Waals surface area contributed by atoms with E-state index >= 15 is 0 Å². The van der Waals surface area contributed by atoms with Crippen LogP contribution in [0.5, 0.6) is 0 Å². The molecule has 0 unspecified atom stereocenters. The lowest BCUT2D eigenvalue weighted by Crippen LogP contribution is -2.02. The zero-order valence-electron chi connectivity index (χ0n) is 6.17. The van der Waals surface area contributed by atoms with Crippen LogP contribution in [0.1, 0.15) is 0 Å². The van der Waals surface area contributed by atoms with Gasteiger partial charge < -0.3 is 5.32 Å². The van der Waals surface area contributed by atoms with E-state index in [2.05, 4.69) is 23.5 Å². The Hall–Kier alpha value is -1.31. The van der Waals surface area contributed by atoms with Gasteiger partial charge in [0, 0.05) is 13.3 Å². The molecule has 2 heteroatoms. The van der Waals surface area contributed by atoms with Gasteiger partial charge in [-0.15, -0.1) is 0 Å². The number of hydrogen-bond acceptors (Lipinski definition) is 2. The number of aliphatic imine (C=N–C) groups is 1. The molecule has 0 aliphatic carbocycles. The van der Waals surface area contributed by atoms with E-state index in [1.54, 1.807) is 31.5 Å². The highest BCUT2D eigenvalue weighted by molar-refractivity contribution is 5.71. The van der Waals surface area contributed by atoms with Crippen LogP contribution in [0.3, 0.4) is 0 Å². The molecule has 0 aromatic rings. The molecule has 0 fully saturated rings. The number of allylic oxidation sites excluding steroid dienone is 3. The topological polar surface area (TPSA) is 24.4 Å². The van der Waals surface area contributed by atoms with E-state index in [0.29, 0.717) is 0 Å². The van der Waals surface area contributed by atoms with Crippen molar-refractivity contribution in [2.45, 2.75) is 0 Å². The van der Waals surface area contributed by atoms with Crippen LogP contribution >= 0.6 is 0 Å². The number of hydrogen-bond donors (Lipinski definition) is 1. The van der Waals surface area contributed by atoms with Gasteiger partial charge in [-0.05, 0) is 6.08 Å². The van der Waals surface area contributed by atoms with Crippen molar-refractivity contribution in [1.82, 2.24) is 5.32 Å². The molecule has 0 bridgehead atoms. The molecule has 0 spiro atoms. The maximum atomic E-state index is 3.99. The minimum atomic E-state index is 0.773. The standard InChI is InChI=1S/C8H12N2/c1-4-6-8(9-3)10-7-5-2/h4-7,9H,1-2H2,3H3/b8-6-,10-7-. The second-order valence-corrected chi connectivity index (χ2v) is 1.55. The van der Waals surface area contributed by atoms with E-state index in [0.717, 1.165) is 5.82 Å². The maximum absolute atomic E-state index is 3.99. The van der Waals surface area contributed by atoms with Crippen LogP contribution in [-0.2, 0) is 0 Å². The lowest BCUT2D eigenvalue weighted by Gasteiger charge is -1.95. The van der Waals surface area contributed by atoms with Gasteiger partial charge in [0.1, 0.15) is 5.82 Å². The van der Waals surface area contributed by atoms with Crippen LogP contribution < -0.4 is 5.32 Å². The fourth-order valence-electron chi connectivity index (χ4n) is 0.436. The van der Waals surface area contributed by atoms with Gasteiger partial charge in [-0.3, -0.25) is 0 Å². The Kier molecular flexibility index (Phi) is 5.06. The van der Waals surface area contributed by atoms with Crippen LogP contribution in [-0.4, -0.2) is 13.3 Å². The van der Waals surface area contributed by atoms with Crippen LogP contribution in [0.25, 0.3) is 0 Å². The van der Waals surface area contributed by atoms with Gasteiger partial charge in [-0.1, -0.05) is 25.3 Å².